The van der Waals surface area contributed by atoms with E-state index < -0.39 is 23.8 Å². The van der Waals surface area contributed by atoms with E-state index in [-0.39, 0.29) is 24.9 Å². The number of Topliss-reactive ketones (excluding diaryl/α,β-unsaturated/α-hetero) is 1. The fourth-order valence-electron chi connectivity index (χ4n) is 4.48. The molecule has 1 N–H and O–H groups in total. The van der Waals surface area contributed by atoms with Crippen LogP contribution in [0.1, 0.15) is 45.6 Å². The second-order valence-corrected chi connectivity index (χ2v) is 7.73. The lowest BCUT2D eigenvalue weighted by Crippen LogP contribution is -2.43. The standard InChI is InChI=1S/C24H29NO6/c1-6-30-23(27)18-13(3)12-16-21(22(18)26)20(15-10-8-9-11-17(15)29-5)19(14(4)25-16)24(28)31-7-2/h8-11,13,18,20,25H,6-7,12H2,1-5H3/t13-,18+,20-/m0/s1. The van der Waals surface area contributed by atoms with Crippen LogP contribution in [0.25, 0.3) is 0 Å². The summed E-state index contributed by atoms with van der Waals surface area (Å²) in [6, 6.07) is 7.27. The van der Waals surface area contributed by atoms with Crippen molar-refractivity contribution >= 4 is 17.7 Å². The van der Waals surface area contributed by atoms with Crippen molar-refractivity contribution < 1.29 is 28.6 Å². The van der Waals surface area contributed by atoms with Gasteiger partial charge < -0.3 is 19.5 Å². The smallest absolute Gasteiger partial charge is 0.336 e. The molecule has 0 bridgehead atoms. The highest BCUT2D eigenvalue weighted by Gasteiger charge is 2.47. The minimum Gasteiger partial charge on any atom is -0.496 e. The normalized spacial score (nSPS) is 23.1. The molecule has 0 fully saturated rings. The lowest BCUT2D eigenvalue weighted by molar-refractivity contribution is -0.153. The number of ketones is 1. The molecule has 3 atom stereocenters. The molecular formula is C24H29NO6. The van der Waals surface area contributed by atoms with Gasteiger partial charge in [0, 0.05) is 22.5 Å². The number of benzene rings is 1. The summed E-state index contributed by atoms with van der Waals surface area (Å²) in [6.07, 6.45) is 0.490. The lowest BCUT2D eigenvalue weighted by Gasteiger charge is -2.38. The largest absolute Gasteiger partial charge is 0.496 e. The van der Waals surface area contributed by atoms with E-state index in [1.54, 1.807) is 33.9 Å². The highest BCUT2D eigenvalue weighted by atomic mass is 16.5. The van der Waals surface area contributed by atoms with Gasteiger partial charge in [0.05, 0.1) is 31.8 Å². The Kier molecular flexibility index (Phi) is 6.83. The highest BCUT2D eigenvalue weighted by Crippen LogP contribution is 2.47. The summed E-state index contributed by atoms with van der Waals surface area (Å²) in [5.41, 5.74) is 2.76. The van der Waals surface area contributed by atoms with E-state index in [2.05, 4.69) is 5.32 Å². The third-order valence-corrected chi connectivity index (χ3v) is 5.77. The summed E-state index contributed by atoms with van der Waals surface area (Å²) in [5.74, 6) is -2.67. The molecule has 31 heavy (non-hydrogen) atoms. The molecule has 0 amide bonds. The van der Waals surface area contributed by atoms with Gasteiger partial charge in [-0.15, -0.1) is 0 Å². The van der Waals surface area contributed by atoms with Gasteiger partial charge in [0.25, 0.3) is 0 Å². The molecule has 1 aromatic carbocycles. The van der Waals surface area contributed by atoms with Crippen molar-refractivity contribution in [3.8, 4) is 5.75 Å². The number of carbonyl (C=O) groups is 3. The monoisotopic (exact) mass is 427 g/mol. The zero-order chi connectivity index (χ0) is 22.7. The highest BCUT2D eigenvalue weighted by molar-refractivity contribution is 6.12. The van der Waals surface area contributed by atoms with Crippen molar-refractivity contribution in [3.63, 3.8) is 0 Å². The molecule has 0 saturated heterocycles. The molecule has 166 valence electrons. The first-order chi connectivity index (χ1) is 14.8. The van der Waals surface area contributed by atoms with Crippen LogP contribution in [0.5, 0.6) is 5.75 Å². The summed E-state index contributed by atoms with van der Waals surface area (Å²) < 4.78 is 16.1. The van der Waals surface area contributed by atoms with E-state index in [0.717, 1.165) is 5.70 Å². The predicted octanol–water partition coefficient (Wildman–Crippen LogP) is 3.26. The Labute approximate surface area is 182 Å². The molecule has 0 spiro atoms. The van der Waals surface area contributed by atoms with Crippen LogP contribution in [0, 0.1) is 11.8 Å². The summed E-state index contributed by atoms with van der Waals surface area (Å²) in [5, 5.41) is 3.24. The van der Waals surface area contributed by atoms with Crippen molar-refractivity contribution in [2.45, 2.75) is 40.0 Å². The Morgan fingerprint density at radius 3 is 2.45 bits per heavy atom. The van der Waals surface area contributed by atoms with E-state index in [1.807, 2.05) is 25.1 Å². The lowest BCUT2D eigenvalue weighted by atomic mass is 9.69. The molecule has 7 nitrogen and oxygen atoms in total. The molecule has 0 unspecified atom stereocenters. The van der Waals surface area contributed by atoms with Gasteiger partial charge in [-0.05, 0) is 39.2 Å². The van der Waals surface area contributed by atoms with Gasteiger partial charge in [0.1, 0.15) is 11.7 Å². The number of allylic oxidation sites excluding steroid dienone is 3. The number of ether oxygens (including phenoxy) is 3. The van der Waals surface area contributed by atoms with Crippen molar-refractivity contribution in [2.24, 2.45) is 11.8 Å². The van der Waals surface area contributed by atoms with Crippen molar-refractivity contribution in [1.29, 1.82) is 0 Å². The summed E-state index contributed by atoms with van der Waals surface area (Å²) in [6.45, 7) is 7.51. The first kappa shape index (κ1) is 22.6. The van der Waals surface area contributed by atoms with Crippen molar-refractivity contribution in [1.82, 2.24) is 5.32 Å². The van der Waals surface area contributed by atoms with Crippen LogP contribution in [0.2, 0.25) is 0 Å². The first-order valence-corrected chi connectivity index (χ1v) is 10.6. The molecule has 0 saturated carbocycles. The SMILES string of the molecule is CCOC(=O)C1=C(C)NC2=C(C(=O)[C@H](C(=O)OCC)[C@@H](C)C2)[C@H]1c1ccccc1OC. The molecule has 7 heteroatoms. The third-order valence-electron chi connectivity index (χ3n) is 5.77. The van der Waals surface area contributed by atoms with Crippen molar-refractivity contribution in [2.75, 3.05) is 20.3 Å². The van der Waals surface area contributed by atoms with Crippen LogP contribution in [-0.4, -0.2) is 38.0 Å². The summed E-state index contributed by atoms with van der Waals surface area (Å²) >= 11 is 0. The Hall–Kier alpha value is -3.09. The molecule has 1 aliphatic heterocycles. The van der Waals surface area contributed by atoms with E-state index >= 15 is 0 Å². The number of carbonyl (C=O) groups excluding carboxylic acids is 3. The fraction of sp³-hybridized carbons (Fsp3) is 0.458. The quantitative estimate of drug-likeness (QED) is 0.550. The van der Waals surface area contributed by atoms with Crippen LogP contribution >= 0.6 is 0 Å². The molecule has 0 aromatic heterocycles. The average Bonchev–Trinajstić information content (AvgIpc) is 2.73. The van der Waals surface area contributed by atoms with Gasteiger partial charge in [0.15, 0.2) is 5.78 Å². The van der Waals surface area contributed by atoms with Crippen LogP contribution < -0.4 is 10.1 Å². The molecule has 2 aliphatic rings. The number of esters is 2. The Morgan fingerprint density at radius 1 is 1.13 bits per heavy atom. The average molecular weight is 427 g/mol. The second kappa shape index (κ2) is 9.37. The maximum atomic E-state index is 13.7. The van der Waals surface area contributed by atoms with E-state index in [1.165, 1.54) is 0 Å². The van der Waals surface area contributed by atoms with Gasteiger partial charge >= 0.3 is 11.9 Å². The molecule has 0 radical (unpaired) electrons. The van der Waals surface area contributed by atoms with Crippen LogP contribution in [0.4, 0.5) is 0 Å². The van der Waals surface area contributed by atoms with Crippen LogP contribution in [0.3, 0.4) is 0 Å². The Balaban J connectivity index is 2.20. The topological polar surface area (TPSA) is 90.9 Å². The number of hydrogen-bond donors (Lipinski definition) is 1. The molecular weight excluding hydrogens is 398 g/mol. The first-order valence-electron chi connectivity index (χ1n) is 10.6. The van der Waals surface area contributed by atoms with E-state index in [0.29, 0.717) is 34.6 Å². The van der Waals surface area contributed by atoms with Gasteiger partial charge in [-0.3, -0.25) is 9.59 Å². The minimum absolute atomic E-state index is 0.197. The second-order valence-electron chi connectivity index (χ2n) is 7.73. The van der Waals surface area contributed by atoms with Gasteiger partial charge in [-0.1, -0.05) is 25.1 Å². The Morgan fingerprint density at radius 2 is 1.81 bits per heavy atom. The van der Waals surface area contributed by atoms with E-state index in [9.17, 15) is 14.4 Å². The fourth-order valence-corrected chi connectivity index (χ4v) is 4.48. The number of methoxy groups -OCH3 is 1. The number of hydrogen-bond acceptors (Lipinski definition) is 7. The third kappa shape index (κ3) is 4.09. The van der Waals surface area contributed by atoms with Gasteiger partial charge in [-0.25, -0.2) is 4.79 Å². The Bertz CT molecular complexity index is 961. The predicted molar refractivity (Wildman–Crippen MR) is 114 cm³/mol. The number of para-hydroxylation sites is 1. The van der Waals surface area contributed by atoms with Gasteiger partial charge in [0.2, 0.25) is 0 Å². The summed E-state index contributed by atoms with van der Waals surface area (Å²) in [4.78, 5) is 39.3. The van der Waals surface area contributed by atoms with Crippen LogP contribution in [-0.2, 0) is 23.9 Å². The van der Waals surface area contributed by atoms with Crippen molar-refractivity contribution in [3.05, 3.63) is 52.4 Å². The number of nitrogens with one attached hydrogen (secondary N) is 1. The van der Waals surface area contributed by atoms with Gasteiger partial charge in [-0.2, -0.15) is 0 Å². The van der Waals surface area contributed by atoms with E-state index in [4.69, 9.17) is 14.2 Å². The molecule has 3 rings (SSSR count). The zero-order valence-electron chi connectivity index (χ0n) is 18.6. The van der Waals surface area contributed by atoms with Crippen LogP contribution in [0.15, 0.2) is 46.8 Å². The maximum absolute atomic E-state index is 13.7. The minimum atomic E-state index is -0.917. The number of dihydropyridines is 1. The number of rotatable bonds is 6. The maximum Gasteiger partial charge on any atom is 0.336 e. The summed E-state index contributed by atoms with van der Waals surface area (Å²) in [7, 11) is 1.54. The molecule has 1 aliphatic carbocycles. The zero-order valence-corrected chi connectivity index (χ0v) is 18.6. The molecule has 1 aromatic rings. The molecule has 1 heterocycles.